The van der Waals surface area contributed by atoms with E-state index in [9.17, 15) is 4.79 Å². The van der Waals surface area contributed by atoms with Crippen molar-refractivity contribution in [1.82, 2.24) is 5.43 Å². The van der Waals surface area contributed by atoms with Crippen LogP contribution in [-0.4, -0.2) is 25.3 Å². The van der Waals surface area contributed by atoms with Crippen LogP contribution in [0.15, 0.2) is 47.6 Å². The molecule has 0 atom stereocenters. The number of rotatable bonds is 8. The summed E-state index contributed by atoms with van der Waals surface area (Å²) in [5.41, 5.74) is 4.46. The zero-order valence-electron chi connectivity index (χ0n) is 16.8. The van der Waals surface area contributed by atoms with Crippen LogP contribution in [0.25, 0.3) is 0 Å². The fourth-order valence-corrected chi connectivity index (χ4v) is 2.61. The van der Waals surface area contributed by atoms with Gasteiger partial charge in [0, 0.05) is 23.9 Å². The van der Waals surface area contributed by atoms with Crippen LogP contribution in [0.2, 0.25) is 5.02 Å². The minimum absolute atomic E-state index is 0.131. The molecule has 0 bridgehead atoms. The molecule has 0 fully saturated rings. The van der Waals surface area contributed by atoms with E-state index in [1.54, 1.807) is 18.2 Å². The number of hydrogen-bond donors (Lipinski definition) is 1. The molecule has 0 spiro atoms. The highest BCUT2D eigenvalue weighted by Crippen LogP contribution is 2.24. The Balaban J connectivity index is 1.82. The summed E-state index contributed by atoms with van der Waals surface area (Å²) in [6.07, 6.45) is 2.24. The van der Waals surface area contributed by atoms with E-state index in [0.717, 1.165) is 12.2 Å². The molecule has 5 nitrogen and oxygen atoms in total. The minimum Gasteiger partial charge on any atom is -0.493 e. The van der Waals surface area contributed by atoms with E-state index in [0.29, 0.717) is 29.5 Å². The number of hydrazone groups is 1. The number of carbonyl (C=O) groups excluding carboxylic acids is 1. The Morgan fingerprint density at radius 2 is 1.79 bits per heavy atom. The lowest BCUT2D eigenvalue weighted by atomic mass is 9.87. The number of nitrogens with one attached hydrogen (secondary N) is 1. The fourth-order valence-electron chi connectivity index (χ4n) is 2.43. The van der Waals surface area contributed by atoms with Crippen molar-refractivity contribution in [3.8, 4) is 11.5 Å². The van der Waals surface area contributed by atoms with Gasteiger partial charge in [0.05, 0.1) is 19.4 Å². The molecule has 150 valence electrons. The number of halogens is 1. The largest absolute Gasteiger partial charge is 0.493 e. The van der Waals surface area contributed by atoms with Gasteiger partial charge in [0.25, 0.3) is 0 Å². The van der Waals surface area contributed by atoms with E-state index >= 15 is 0 Å². The molecule has 0 aliphatic carbocycles. The lowest BCUT2D eigenvalue weighted by Gasteiger charge is -2.19. The Morgan fingerprint density at radius 3 is 2.43 bits per heavy atom. The summed E-state index contributed by atoms with van der Waals surface area (Å²) in [5, 5.41) is 4.43. The normalized spacial score (nSPS) is 11.5. The predicted molar refractivity (Wildman–Crippen MR) is 114 cm³/mol. The summed E-state index contributed by atoms with van der Waals surface area (Å²) >= 11 is 6.02. The molecule has 0 heterocycles. The van der Waals surface area contributed by atoms with Crippen molar-refractivity contribution < 1.29 is 14.3 Å². The van der Waals surface area contributed by atoms with E-state index in [-0.39, 0.29) is 11.3 Å². The molecule has 1 N–H and O–H groups in total. The van der Waals surface area contributed by atoms with E-state index in [1.165, 1.54) is 18.7 Å². The quantitative estimate of drug-likeness (QED) is 0.386. The number of hydrogen-bond acceptors (Lipinski definition) is 4. The molecule has 0 unspecified atom stereocenters. The maximum Gasteiger partial charge on any atom is 0.236 e. The molecular formula is C22H27ClN2O3. The monoisotopic (exact) mass is 402 g/mol. The highest BCUT2D eigenvalue weighted by atomic mass is 35.5. The maximum atomic E-state index is 10.9. The van der Waals surface area contributed by atoms with E-state index in [4.69, 9.17) is 21.1 Å². The van der Waals surface area contributed by atoms with Crippen molar-refractivity contribution in [1.29, 1.82) is 0 Å². The first-order valence-electron chi connectivity index (χ1n) is 9.21. The van der Waals surface area contributed by atoms with Gasteiger partial charge in [-0.15, -0.1) is 0 Å². The average molecular weight is 403 g/mol. The number of nitrogens with zero attached hydrogens (tertiary/aromatic N) is 1. The standard InChI is InChI=1S/C22H27ClN2O3/c1-16(26)25-24-15-17-14-19(23)8-11-21(17)28-13-5-12-27-20-9-6-18(7-10-20)22(2,3)4/h6-11,14-15H,5,12-13H2,1-4H3,(H,25,26). The zero-order chi connectivity index (χ0) is 20.6. The Labute approximate surface area is 171 Å². The lowest BCUT2D eigenvalue weighted by molar-refractivity contribution is -0.118. The first kappa shape index (κ1) is 21.8. The Hall–Kier alpha value is -2.53. The van der Waals surface area contributed by atoms with Crippen LogP contribution in [-0.2, 0) is 10.2 Å². The molecule has 0 saturated heterocycles. The molecule has 1 amide bonds. The molecule has 0 aliphatic heterocycles. The van der Waals surface area contributed by atoms with E-state index in [2.05, 4.69) is 43.4 Å². The van der Waals surface area contributed by atoms with E-state index in [1.807, 2.05) is 12.1 Å². The molecule has 0 aliphatic rings. The Bertz CT molecular complexity index is 812. The van der Waals surface area contributed by atoms with Gasteiger partial charge in [0.1, 0.15) is 11.5 Å². The van der Waals surface area contributed by atoms with Gasteiger partial charge in [-0.25, -0.2) is 5.43 Å². The van der Waals surface area contributed by atoms with Gasteiger partial charge in [-0.2, -0.15) is 5.10 Å². The van der Waals surface area contributed by atoms with Crippen LogP contribution in [0.3, 0.4) is 0 Å². The van der Waals surface area contributed by atoms with Crippen LogP contribution < -0.4 is 14.9 Å². The molecular weight excluding hydrogens is 376 g/mol. The SMILES string of the molecule is CC(=O)NN=Cc1cc(Cl)ccc1OCCCOc1ccc(C(C)(C)C)cc1. The lowest BCUT2D eigenvalue weighted by Crippen LogP contribution is -2.12. The summed E-state index contributed by atoms with van der Waals surface area (Å²) in [4.78, 5) is 10.9. The van der Waals surface area contributed by atoms with Gasteiger partial charge in [-0.1, -0.05) is 44.5 Å². The molecule has 0 radical (unpaired) electrons. The third-order valence-corrected chi connectivity index (χ3v) is 4.17. The van der Waals surface area contributed by atoms with Gasteiger partial charge < -0.3 is 9.47 Å². The van der Waals surface area contributed by atoms with E-state index < -0.39 is 0 Å². The minimum atomic E-state index is -0.242. The topological polar surface area (TPSA) is 59.9 Å². The van der Waals surface area contributed by atoms with Crippen LogP contribution >= 0.6 is 11.6 Å². The van der Waals surface area contributed by atoms with Gasteiger partial charge in [-0.3, -0.25) is 4.79 Å². The second kappa shape index (κ2) is 10.1. The number of ether oxygens (including phenoxy) is 2. The highest BCUT2D eigenvalue weighted by molar-refractivity contribution is 6.30. The van der Waals surface area contributed by atoms with Crippen molar-refractivity contribution in [2.75, 3.05) is 13.2 Å². The number of benzene rings is 2. The third-order valence-electron chi connectivity index (χ3n) is 3.93. The molecule has 2 rings (SSSR count). The second-order valence-electron chi connectivity index (χ2n) is 7.43. The molecule has 0 aromatic heterocycles. The molecule has 6 heteroatoms. The second-order valence-corrected chi connectivity index (χ2v) is 7.87. The van der Waals surface area contributed by atoms with Crippen molar-refractivity contribution in [3.63, 3.8) is 0 Å². The van der Waals surface area contributed by atoms with Gasteiger partial charge >= 0.3 is 0 Å². The van der Waals surface area contributed by atoms with Crippen LogP contribution in [0.1, 0.15) is 45.2 Å². The van der Waals surface area contributed by atoms with Gasteiger partial charge in [0.15, 0.2) is 0 Å². The van der Waals surface area contributed by atoms with Crippen molar-refractivity contribution in [2.45, 2.75) is 39.5 Å². The smallest absolute Gasteiger partial charge is 0.236 e. The Kier molecular flexibility index (Phi) is 7.88. The van der Waals surface area contributed by atoms with Gasteiger partial charge in [-0.05, 0) is 41.3 Å². The predicted octanol–water partition coefficient (Wildman–Crippen LogP) is 4.96. The molecule has 2 aromatic rings. The molecule has 2 aromatic carbocycles. The highest BCUT2D eigenvalue weighted by Gasteiger charge is 2.12. The number of amides is 1. The first-order chi connectivity index (χ1) is 13.3. The van der Waals surface area contributed by atoms with Crippen LogP contribution in [0.5, 0.6) is 11.5 Å². The van der Waals surface area contributed by atoms with Crippen LogP contribution in [0.4, 0.5) is 0 Å². The summed E-state index contributed by atoms with van der Waals surface area (Å²) in [5.74, 6) is 1.25. The molecule has 0 saturated carbocycles. The molecule has 28 heavy (non-hydrogen) atoms. The maximum absolute atomic E-state index is 10.9. The summed E-state index contributed by atoms with van der Waals surface area (Å²) < 4.78 is 11.6. The first-order valence-corrected chi connectivity index (χ1v) is 9.59. The average Bonchev–Trinajstić information content (AvgIpc) is 2.62. The summed E-state index contributed by atoms with van der Waals surface area (Å²) in [6, 6.07) is 13.5. The van der Waals surface area contributed by atoms with Crippen molar-refractivity contribution in [2.24, 2.45) is 5.10 Å². The van der Waals surface area contributed by atoms with Crippen molar-refractivity contribution in [3.05, 3.63) is 58.6 Å². The third kappa shape index (κ3) is 7.24. The van der Waals surface area contributed by atoms with Crippen LogP contribution in [0, 0.1) is 0 Å². The summed E-state index contributed by atoms with van der Waals surface area (Å²) in [7, 11) is 0. The fraction of sp³-hybridized carbons (Fsp3) is 0.364. The number of carbonyl (C=O) groups is 1. The Morgan fingerprint density at radius 1 is 1.11 bits per heavy atom. The van der Waals surface area contributed by atoms with Gasteiger partial charge in [0.2, 0.25) is 5.91 Å². The van der Waals surface area contributed by atoms with Crippen molar-refractivity contribution >= 4 is 23.7 Å². The summed E-state index contributed by atoms with van der Waals surface area (Å²) in [6.45, 7) is 8.99. The zero-order valence-corrected chi connectivity index (χ0v) is 17.5.